The molecule has 0 aromatic rings. The highest BCUT2D eigenvalue weighted by atomic mass is 16.7. The van der Waals surface area contributed by atoms with Gasteiger partial charge in [-0.1, -0.05) is 0 Å². The Balaban J connectivity index is 2.15. The minimum Gasteiger partial charge on any atom is -0.388 e. The van der Waals surface area contributed by atoms with Crippen molar-refractivity contribution >= 4 is 0 Å². The monoisotopic (exact) mass is 176 g/mol. The third-order valence-electron chi connectivity index (χ3n) is 2.33. The zero-order valence-corrected chi connectivity index (χ0v) is 6.47. The number of aliphatic hydroxyl groups excluding tert-OH is 1. The summed E-state index contributed by atoms with van der Waals surface area (Å²) in [5.41, 5.74) is 4.59. The molecular formula is C6H12N2O4. The van der Waals surface area contributed by atoms with Crippen molar-refractivity contribution in [2.45, 2.75) is 24.0 Å². The van der Waals surface area contributed by atoms with Gasteiger partial charge in [-0.25, -0.2) is 5.90 Å². The summed E-state index contributed by atoms with van der Waals surface area (Å²) < 4.78 is 10.4. The number of hydrogen-bond donors (Lipinski definition) is 3. The van der Waals surface area contributed by atoms with E-state index in [1.54, 1.807) is 0 Å². The third kappa shape index (κ3) is 0.972. The van der Waals surface area contributed by atoms with Gasteiger partial charge in [-0.2, -0.15) is 0 Å². The molecule has 0 unspecified atom stereocenters. The smallest absolute Gasteiger partial charge is 0.189 e. The second kappa shape index (κ2) is 2.63. The fourth-order valence-corrected chi connectivity index (χ4v) is 1.62. The van der Waals surface area contributed by atoms with E-state index >= 15 is 0 Å². The normalized spacial score (nSPS) is 52.8. The first kappa shape index (κ1) is 8.36. The van der Waals surface area contributed by atoms with Gasteiger partial charge in [0, 0.05) is 0 Å². The Morgan fingerprint density at radius 2 is 2.25 bits per heavy atom. The van der Waals surface area contributed by atoms with Gasteiger partial charge in [0.15, 0.2) is 5.72 Å². The van der Waals surface area contributed by atoms with Crippen LogP contribution in [-0.4, -0.2) is 42.4 Å². The molecule has 0 spiro atoms. The topological polar surface area (TPSA) is 100.0 Å². The number of hydrogen-bond acceptors (Lipinski definition) is 6. The molecule has 2 rings (SSSR count). The Kier molecular flexibility index (Phi) is 1.83. The van der Waals surface area contributed by atoms with Crippen LogP contribution in [0, 0.1) is 0 Å². The van der Waals surface area contributed by atoms with Crippen molar-refractivity contribution in [1.29, 1.82) is 0 Å². The lowest BCUT2D eigenvalue weighted by atomic mass is 10.1. The van der Waals surface area contributed by atoms with E-state index in [1.807, 2.05) is 0 Å². The average molecular weight is 176 g/mol. The molecule has 0 aromatic heterocycles. The number of ether oxygens (including phenoxy) is 2. The maximum absolute atomic E-state index is 9.33. The van der Waals surface area contributed by atoms with E-state index < -0.39 is 24.0 Å². The minimum atomic E-state index is -1.11. The van der Waals surface area contributed by atoms with Gasteiger partial charge in [0.2, 0.25) is 0 Å². The van der Waals surface area contributed by atoms with Crippen LogP contribution in [0.3, 0.4) is 0 Å². The van der Waals surface area contributed by atoms with Crippen LogP contribution < -0.4 is 11.6 Å². The Labute approximate surface area is 69.3 Å². The average Bonchev–Trinajstić information content (AvgIpc) is 2.57. The molecule has 0 aromatic carbocycles. The highest BCUT2D eigenvalue weighted by Gasteiger charge is 2.55. The summed E-state index contributed by atoms with van der Waals surface area (Å²) in [5, 5.41) is 9.33. The molecule has 2 saturated heterocycles. The summed E-state index contributed by atoms with van der Waals surface area (Å²) >= 11 is 0. The van der Waals surface area contributed by atoms with Crippen LogP contribution in [0.5, 0.6) is 0 Å². The lowest BCUT2D eigenvalue weighted by molar-refractivity contribution is -0.114. The molecular weight excluding hydrogens is 164 g/mol. The summed E-state index contributed by atoms with van der Waals surface area (Å²) in [6.07, 6.45) is -1.49. The molecule has 0 bridgehead atoms. The molecule has 2 heterocycles. The molecule has 12 heavy (non-hydrogen) atoms. The van der Waals surface area contributed by atoms with Gasteiger partial charge < -0.3 is 14.6 Å². The van der Waals surface area contributed by atoms with E-state index in [4.69, 9.17) is 21.1 Å². The van der Waals surface area contributed by atoms with Gasteiger partial charge in [0.25, 0.3) is 0 Å². The molecule has 2 fully saturated rings. The van der Waals surface area contributed by atoms with Crippen molar-refractivity contribution < 1.29 is 19.4 Å². The Morgan fingerprint density at radius 3 is 2.92 bits per heavy atom. The summed E-state index contributed by atoms with van der Waals surface area (Å²) in [6, 6.07) is 0. The van der Waals surface area contributed by atoms with E-state index in [1.165, 1.54) is 0 Å². The van der Waals surface area contributed by atoms with Crippen LogP contribution in [0.4, 0.5) is 0 Å². The van der Waals surface area contributed by atoms with E-state index in [2.05, 4.69) is 4.84 Å². The molecule has 2 aliphatic rings. The quantitative estimate of drug-likeness (QED) is 0.306. The number of fused-ring (bicyclic) bond motifs is 1. The fraction of sp³-hybridized carbons (Fsp3) is 1.00. The maximum atomic E-state index is 9.33. The minimum absolute atomic E-state index is 0.149. The number of rotatable bonds is 1. The van der Waals surface area contributed by atoms with Crippen LogP contribution in [-0.2, 0) is 14.3 Å². The van der Waals surface area contributed by atoms with Crippen molar-refractivity contribution in [1.82, 2.24) is 0 Å². The lowest BCUT2D eigenvalue weighted by Crippen LogP contribution is -2.55. The predicted octanol–water partition coefficient (Wildman–Crippen LogP) is -2.31. The van der Waals surface area contributed by atoms with Crippen LogP contribution >= 0.6 is 0 Å². The summed E-state index contributed by atoms with van der Waals surface area (Å²) in [7, 11) is 0. The summed E-state index contributed by atoms with van der Waals surface area (Å²) in [5.74, 6) is 5.00. The van der Waals surface area contributed by atoms with Crippen LogP contribution in [0.2, 0.25) is 0 Å². The number of aliphatic hydroxyl groups is 1. The molecule has 6 nitrogen and oxygen atoms in total. The second-order valence-corrected chi connectivity index (χ2v) is 3.17. The lowest BCUT2D eigenvalue weighted by Gasteiger charge is -2.24. The van der Waals surface area contributed by atoms with Gasteiger partial charge in [-0.05, 0) is 0 Å². The molecule has 0 amide bonds. The van der Waals surface area contributed by atoms with Gasteiger partial charge in [-0.15, -0.1) is 0 Å². The predicted molar refractivity (Wildman–Crippen MR) is 37.7 cm³/mol. The fourth-order valence-electron chi connectivity index (χ4n) is 1.62. The largest absolute Gasteiger partial charge is 0.388 e. The summed E-state index contributed by atoms with van der Waals surface area (Å²) in [4.78, 5) is 4.58. The zero-order valence-electron chi connectivity index (χ0n) is 6.47. The highest BCUT2D eigenvalue weighted by molar-refractivity contribution is 5.01. The van der Waals surface area contributed by atoms with Gasteiger partial charge >= 0.3 is 0 Å². The van der Waals surface area contributed by atoms with Crippen molar-refractivity contribution in [2.24, 2.45) is 11.6 Å². The Hall–Kier alpha value is -0.240. The highest BCUT2D eigenvalue weighted by Crippen LogP contribution is 2.32. The van der Waals surface area contributed by atoms with E-state index in [9.17, 15) is 5.11 Å². The zero-order chi connectivity index (χ0) is 8.77. The first-order valence-corrected chi connectivity index (χ1v) is 3.75. The van der Waals surface area contributed by atoms with Gasteiger partial charge in [-0.3, -0.25) is 10.6 Å². The van der Waals surface area contributed by atoms with Crippen molar-refractivity contribution in [2.75, 3.05) is 13.2 Å². The first-order valence-electron chi connectivity index (χ1n) is 3.75. The standard InChI is InChI=1S/C6H12N2O4/c7-6(12-8)2-11-4-3(9)1-10-5(4)6/h3-5,9H,1-2,7-8H2/t3-,4-,5+,6+/m1/s1. The second-order valence-electron chi connectivity index (χ2n) is 3.17. The molecule has 0 radical (unpaired) electrons. The van der Waals surface area contributed by atoms with E-state index in [0.717, 1.165) is 0 Å². The SMILES string of the molecule is NO[C@@]1(N)CO[C@@H]2[C@H](O)CO[C@@H]21. The van der Waals surface area contributed by atoms with Crippen molar-refractivity contribution in [3.05, 3.63) is 0 Å². The molecule has 2 aliphatic heterocycles. The molecule has 70 valence electrons. The van der Waals surface area contributed by atoms with Crippen molar-refractivity contribution in [3.8, 4) is 0 Å². The summed E-state index contributed by atoms with van der Waals surface area (Å²) in [6.45, 7) is 0.369. The first-order chi connectivity index (χ1) is 5.67. The maximum Gasteiger partial charge on any atom is 0.189 e. The number of nitrogens with two attached hydrogens (primary N) is 2. The van der Waals surface area contributed by atoms with E-state index in [-0.39, 0.29) is 13.2 Å². The Morgan fingerprint density at radius 1 is 1.50 bits per heavy atom. The molecule has 0 aliphatic carbocycles. The third-order valence-corrected chi connectivity index (χ3v) is 2.33. The molecule has 6 heteroatoms. The van der Waals surface area contributed by atoms with E-state index in [0.29, 0.717) is 0 Å². The van der Waals surface area contributed by atoms with Crippen molar-refractivity contribution in [3.63, 3.8) is 0 Å². The van der Waals surface area contributed by atoms with Crippen LogP contribution in [0.1, 0.15) is 0 Å². The molecule has 5 N–H and O–H groups in total. The Bertz CT molecular complexity index is 190. The van der Waals surface area contributed by atoms with Crippen LogP contribution in [0.25, 0.3) is 0 Å². The molecule has 0 saturated carbocycles. The van der Waals surface area contributed by atoms with Crippen LogP contribution in [0.15, 0.2) is 0 Å². The van der Waals surface area contributed by atoms with Gasteiger partial charge in [0.1, 0.15) is 18.3 Å². The molecule has 4 atom stereocenters. The van der Waals surface area contributed by atoms with Gasteiger partial charge in [0.05, 0.1) is 13.2 Å².